The Kier molecular flexibility index (Phi) is 9.70. The van der Waals surface area contributed by atoms with E-state index in [1.807, 2.05) is 6.07 Å². The van der Waals surface area contributed by atoms with Gasteiger partial charge >= 0.3 is 11.9 Å². The van der Waals surface area contributed by atoms with Crippen LogP contribution >= 0.6 is 0 Å². The van der Waals surface area contributed by atoms with Crippen LogP contribution in [0.2, 0.25) is 0 Å². The molecule has 390 valence electrons. The minimum absolute atomic E-state index is 0.0589. The Morgan fingerprint density at radius 1 is 0.958 bits per heavy atom. The van der Waals surface area contributed by atoms with Gasteiger partial charge in [-0.2, -0.15) is 0 Å². The molecule has 0 amide bonds. The maximum Gasteiger partial charge on any atom is 0.339 e. The number of aliphatic hydroxyl groups excluding tert-OH is 3. The maximum absolute atomic E-state index is 16.6. The monoisotopic (exact) mass is 991 g/mol. The molecular weight excluding hydrogens is 913 g/mol. The number of aliphatic hydroxyl groups is 3. The van der Waals surface area contributed by atoms with Crippen LogP contribution in [0, 0.1) is 92.7 Å². The van der Waals surface area contributed by atoms with Gasteiger partial charge in [0.2, 0.25) is 0 Å². The van der Waals surface area contributed by atoms with Crippen molar-refractivity contribution in [3.8, 4) is 0 Å². The first kappa shape index (κ1) is 46.2. The quantitative estimate of drug-likeness (QED) is 0.113. The summed E-state index contributed by atoms with van der Waals surface area (Å²) in [5.41, 5.74) is -4.98. The predicted octanol–water partition coefficient (Wildman–Crippen LogP) is 6.97. The lowest BCUT2D eigenvalue weighted by Gasteiger charge is -2.72. The molecule has 1 aromatic rings. The second-order valence-corrected chi connectivity index (χ2v) is 27.5. The summed E-state index contributed by atoms with van der Waals surface area (Å²) >= 11 is 0. The molecule has 5 bridgehead atoms. The zero-order valence-corrected chi connectivity index (χ0v) is 42.9. The van der Waals surface area contributed by atoms with Crippen LogP contribution < -0.4 is 5.32 Å². The molecule has 8 heterocycles. The summed E-state index contributed by atoms with van der Waals surface area (Å²) in [5.74, 6) is -0.907. The number of hydrogen-bond donors (Lipinski definition) is 4. The Labute approximate surface area is 423 Å². The number of furan rings is 1. The van der Waals surface area contributed by atoms with E-state index in [2.05, 4.69) is 56.3 Å². The molecule has 13 nitrogen and oxygen atoms in total. The van der Waals surface area contributed by atoms with Crippen molar-refractivity contribution in [2.45, 2.75) is 178 Å². The summed E-state index contributed by atoms with van der Waals surface area (Å²) in [6.45, 7) is 10.4. The van der Waals surface area contributed by atoms with Crippen LogP contribution in [0.1, 0.15) is 141 Å². The van der Waals surface area contributed by atoms with Crippen LogP contribution in [-0.2, 0) is 39.8 Å². The highest BCUT2D eigenvalue weighted by Crippen LogP contribution is 2.90. The lowest BCUT2D eigenvalue weighted by Crippen LogP contribution is -2.82. The normalized spacial score (nSPS) is 52.8. The number of epoxide rings is 1. The predicted molar refractivity (Wildman–Crippen MR) is 260 cm³/mol. The minimum atomic E-state index is -1.45. The van der Waals surface area contributed by atoms with E-state index in [0.717, 1.165) is 109 Å². The summed E-state index contributed by atoms with van der Waals surface area (Å²) in [5, 5.41) is 40.1. The summed E-state index contributed by atoms with van der Waals surface area (Å²) in [4.78, 5) is 49.5. The molecule has 13 heteroatoms. The SMILES string of the molecule is CC(C)CC1C=C2CC3CCCC34CC3CC5(C)C(c6ccoc6CC(C(O)CO)C6CCC7C(C=CN8CNCC78)C6)OC(=O)C6OC65C5(C6CCCCC6)C(O)C(=O)C6C1(C)OC21C4C(=O)OCC61C35. The molecule has 0 radical (unpaired) electrons. The van der Waals surface area contributed by atoms with E-state index in [0.29, 0.717) is 42.4 Å². The third kappa shape index (κ3) is 5.14. The number of carbonyl (C=O) groups excluding carboxylic acids is 3. The van der Waals surface area contributed by atoms with Gasteiger partial charge in [0.1, 0.15) is 35.8 Å². The number of carbonyl (C=O) groups is 3. The Morgan fingerprint density at radius 3 is 2.58 bits per heavy atom. The summed E-state index contributed by atoms with van der Waals surface area (Å²) in [7, 11) is 0. The smallest absolute Gasteiger partial charge is 0.339 e. The van der Waals surface area contributed by atoms with Gasteiger partial charge in [-0.3, -0.25) is 14.9 Å². The van der Waals surface area contributed by atoms with Gasteiger partial charge in [-0.1, -0.05) is 58.6 Å². The zero-order chi connectivity index (χ0) is 49.3. The molecule has 15 rings (SSSR count). The largest absolute Gasteiger partial charge is 0.469 e. The molecule has 5 saturated heterocycles. The van der Waals surface area contributed by atoms with Crippen LogP contribution in [0.3, 0.4) is 0 Å². The average Bonchev–Trinajstić information content (AvgIpc) is 3.69. The molecule has 4 spiro atoms. The number of hydrogen-bond acceptors (Lipinski definition) is 13. The van der Waals surface area contributed by atoms with E-state index in [-0.39, 0.29) is 66.4 Å². The lowest BCUT2D eigenvalue weighted by atomic mass is 9.30. The van der Waals surface area contributed by atoms with E-state index in [4.69, 9.17) is 23.4 Å². The standard InChI is InChI=1S/C59H78N2O11/c1-30(2)19-36-22-37-21-35-11-8-16-55(35)25-33-24-53(3)49(39-15-18-68-43(39)23-40(42(63)27-62)31-12-13-38-32(20-31)14-17-61-29-60-26-41(38)61)70-52(67)50-59(53,71-50)57(34-9-6-5-7-10-34)45(33)56-28-69-51(66)47(55)58(37,56)72-54(36,4)46(56)44(64)48(57)65/h14-15,17-18,22,30-36,38,40-42,45-50,60,62-63,65H,5-13,16,19-21,23-29H2,1-4H3. The Hall–Kier alpha value is -3.07. The number of allylic oxidation sites excluding steroid dienone is 1. The Balaban J connectivity index is 0.903. The Morgan fingerprint density at radius 2 is 1.78 bits per heavy atom. The van der Waals surface area contributed by atoms with Crippen LogP contribution in [-0.4, -0.2) is 106 Å². The number of fused-ring (bicyclic) bond motifs is 5. The molecular formula is C59H78N2O11. The van der Waals surface area contributed by atoms with Crippen molar-refractivity contribution in [3.05, 3.63) is 47.6 Å². The highest BCUT2D eigenvalue weighted by molar-refractivity contribution is 5.94. The fourth-order valence-electron chi connectivity index (χ4n) is 22.9. The van der Waals surface area contributed by atoms with Crippen molar-refractivity contribution in [2.24, 2.45) is 92.7 Å². The molecule has 22 unspecified atom stereocenters. The molecule has 22 atom stereocenters. The fraction of sp³-hybridized carbons (Fsp3) is 0.814. The van der Waals surface area contributed by atoms with E-state index < -0.39 is 80.7 Å². The number of Topliss-reactive ketones (excluding diaryl/α,β-unsaturated/α-hetero) is 1. The van der Waals surface area contributed by atoms with Gasteiger partial charge in [0.25, 0.3) is 0 Å². The number of ketones is 1. The first-order chi connectivity index (χ1) is 34.7. The number of nitrogens with one attached hydrogen (secondary N) is 1. The van der Waals surface area contributed by atoms with Gasteiger partial charge in [-0.15, -0.1) is 0 Å². The third-order valence-corrected chi connectivity index (χ3v) is 24.8. The van der Waals surface area contributed by atoms with Gasteiger partial charge in [0.15, 0.2) is 11.9 Å². The highest BCUT2D eigenvalue weighted by atomic mass is 16.7. The molecule has 1 aromatic heterocycles. The van der Waals surface area contributed by atoms with Crippen LogP contribution in [0.5, 0.6) is 0 Å². The van der Waals surface area contributed by atoms with Crippen molar-refractivity contribution >= 4 is 17.7 Å². The molecule has 72 heavy (non-hydrogen) atoms. The van der Waals surface area contributed by atoms with Crippen molar-refractivity contribution in [3.63, 3.8) is 0 Å². The second kappa shape index (κ2) is 15.1. The van der Waals surface area contributed by atoms with Crippen molar-refractivity contribution < 1.29 is 53.1 Å². The van der Waals surface area contributed by atoms with Crippen molar-refractivity contribution in [2.75, 3.05) is 26.4 Å². The molecule has 14 aliphatic rings. The van der Waals surface area contributed by atoms with Gasteiger partial charge in [0, 0.05) is 41.3 Å². The minimum Gasteiger partial charge on any atom is -0.469 e. The summed E-state index contributed by atoms with van der Waals surface area (Å²) in [6.07, 6.45) is 18.2. The number of ether oxygens (including phenoxy) is 4. The molecule has 12 fully saturated rings. The van der Waals surface area contributed by atoms with Crippen LogP contribution in [0.4, 0.5) is 0 Å². The van der Waals surface area contributed by atoms with Gasteiger partial charge in [0.05, 0.1) is 48.5 Å². The van der Waals surface area contributed by atoms with Gasteiger partial charge in [-0.25, -0.2) is 4.79 Å². The highest BCUT2D eigenvalue weighted by Gasteiger charge is 2.98. The number of cyclic esters (lactones) is 2. The third-order valence-electron chi connectivity index (χ3n) is 24.8. The summed E-state index contributed by atoms with van der Waals surface area (Å²) in [6, 6.07) is 2.42. The number of nitrogens with zero attached hydrogens (tertiary/aromatic N) is 1. The number of rotatable bonds is 9. The second-order valence-electron chi connectivity index (χ2n) is 27.5. The maximum atomic E-state index is 16.6. The van der Waals surface area contributed by atoms with Gasteiger partial charge in [-0.05, 0) is 154 Å². The molecule has 7 saturated carbocycles. The summed E-state index contributed by atoms with van der Waals surface area (Å²) < 4.78 is 35.6. The first-order valence-corrected chi connectivity index (χ1v) is 28.8. The topological polar surface area (TPSA) is 181 Å². The first-order valence-electron chi connectivity index (χ1n) is 28.8. The fourth-order valence-corrected chi connectivity index (χ4v) is 22.9. The number of esters is 2. The molecule has 7 aliphatic carbocycles. The Bertz CT molecular complexity index is 2550. The van der Waals surface area contributed by atoms with Crippen molar-refractivity contribution in [1.29, 1.82) is 0 Å². The van der Waals surface area contributed by atoms with Crippen molar-refractivity contribution in [1.82, 2.24) is 10.2 Å². The van der Waals surface area contributed by atoms with Crippen LogP contribution in [0.15, 0.2) is 40.7 Å². The van der Waals surface area contributed by atoms with E-state index in [1.165, 1.54) is 5.57 Å². The average molecular weight is 991 g/mol. The van der Waals surface area contributed by atoms with Gasteiger partial charge < -0.3 is 43.6 Å². The molecule has 0 aromatic carbocycles. The zero-order valence-electron chi connectivity index (χ0n) is 42.9. The molecule has 4 N–H and O–H groups in total. The molecule has 7 aliphatic heterocycles. The lowest BCUT2D eigenvalue weighted by molar-refractivity contribution is -0.300. The van der Waals surface area contributed by atoms with Crippen LogP contribution in [0.25, 0.3) is 0 Å². The van der Waals surface area contributed by atoms with E-state index in [9.17, 15) is 15.3 Å². The van der Waals surface area contributed by atoms with E-state index >= 15 is 14.4 Å². The van der Waals surface area contributed by atoms with E-state index in [1.54, 1.807) is 6.26 Å².